The summed E-state index contributed by atoms with van der Waals surface area (Å²) in [6, 6.07) is 14.6. The lowest BCUT2D eigenvalue weighted by Gasteiger charge is -2.07. The minimum atomic E-state index is -0.692. The minimum Gasteiger partial charge on any atom is -0.428 e. The van der Waals surface area contributed by atoms with Crippen molar-refractivity contribution in [3.8, 4) is 11.6 Å². The van der Waals surface area contributed by atoms with Crippen molar-refractivity contribution >= 4 is 38.6 Å². The number of imidazole rings is 1. The van der Waals surface area contributed by atoms with Gasteiger partial charge in [-0.3, -0.25) is 4.79 Å². The first-order valence-corrected chi connectivity index (χ1v) is 8.21. The Morgan fingerprint density at radius 2 is 1.96 bits per heavy atom. The molecule has 0 aliphatic rings. The lowest BCUT2D eigenvalue weighted by Crippen LogP contribution is -2.12. The number of furan rings is 1. The molecule has 2 N–H and O–H groups in total. The van der Waals surface area contributed by atoms with E-state index in [1.54, 1.807) is 24.3 Å². The summed E-state index contributed by atoms with van der Waals surface area (Å²) in [5, 5.41) is 2.85. The summed E-state index contributed by atoms with van der Waals surface area (Å²) < 4.78 is 18.8. The number of amides is 1. The van der Waals surface area contributed by atoms with Gasteiger partial charge in [-0.1, -0.05) is 18.2 Å². The fourth-order valence-electron chi connectivity index (χ4n) is 2.53. The Hall–Kier alpha value is -2.93. The summed E-state index contributed by atoms with van der Waals surface area (Å²) >= 11 is 3.40. The van der Waals surface area contributed by atoms with Crippen molar-refractivity contribution in [2.45, 2.75) is 0 Å². The molecule has 2 heterocycles. The topological polar surface area (TPSA) is 70.9 Å². The highest BCUT2D eigenvalue weighted by Crippen LogP contribution is 2.26. The number of benzene rings is 2. The fraction of sp³-hybridized carbons (Fsp3) is 0. The van der Waals surface area contributed by atoms with E-state index in [0.717, 1.165) is 4.47 Å². The molecule has 0 aliphatic carbocycles. The molecule has 0 radical (unpaired) electrons. The average Bonchev–Trinajstić information content (AvgIpc) is 3.22. The number of anilines is 1. The summed E-state index contributed by atoms with van der Waals surface area (Å²) in [6.45, 7) is 0. The van der Waals surface area contributed by atoms with Gasteiger partial charge in [-0.25, -0.2) is 4.98 Å². The number of carbonyl (C=O) groups excluding carboxylic acids is 1. The van der Waals surface area contributed by atoms with E-state index in [-0.39, 0.29) is 11.7 Å². The van der Waals surface area contributed by atoms with Crippen molar-refractivity contribution in [3.05, 3.63) is 70.6 Å². The molecule has 124 valence electrons. The van der Waals surface area contributed by atoms with Gasteiger partial charge in [-0.15, -0.1) is 0 Å². The molecule has 0 spiro atoms. The fourth-order valence-corrected chi connectivity index (χ4v) is 2.91. The summed E-state index contributed by atoms with van der Waals surface area (Å²) in [5.74, 6) is 0.340. The third-order valence-electron chi connectivity index (χ3n) is 3.69. The number of hydrogen-bond donors (Lipinski definition) is 2. The van der Waals surface area contributed by atoms with Crippen molar-refractivity contribution in [1.82, 2.24) is 9.97 Å². The number of para-hydroxylation sites is 2. The maximum absolute atomic E-state index is 13.1. The molecule has 2 aromatic heterocycles. The predicted molar refractivity (Wildman–Crippen MR) is 95.8 cm³/mol. The third kappa shape index (κ3) is 2.94. The highest BCUT2D eigenvalue weighted by molar-refractivity contribution is 9.10. The Labute approximate surface area is 150 Å². The molecule has 0 unspecified atom stereocenters. The second-order valence-electron chi connectivity index (χ2n) is 5.32. The van der Waals surface area contributed by atoms with Crippen molar-refractivity contribution in [1.29, 1.82) is 0 Å². The summed E-state index contributed by atoms with van der Waals surface area (Å²) in [7, 11) is 0. The molecule has 0 saturated carbocycles. The maximum atomic E-state index is 13.1. The van der Waals surface area contributed by atoms with Crippen LogP contribution in [0, 0.1) is 6.01 Å². The van der Waals surface area contributed by atoms with Gasteiger partial charge in [0.15, 0.2) is 11.6 Å². The van der Waals surface area contributed by atoms with Gasteiger partial charge >= 0.3 is 0 Å². The van der Waals surface area contributed by atoms with Crippen LogP contribution in [0.5, 0.6) is 0 Å². The molecule has 1 amide bonds. The van der Waals surface area contributed by atoms with Gasteiger partial charge in [0.05, 0.1) is 16.8 Å². The Bertz CT molecular complexity index is 1090. The van der Waals surface area contributed by atoms with Gasteiger partial charge < -0.3 is 14.7 Å². The second-order valence-corrected chi connectivity index (χ2v) is 6.18. The zero-order valence-electron chi connectivity index (χ0n) is 12.7. The number of carbonyl (C=O) groups is 1. The Balaban J connectivity index is 1.73. The first-order valence-electron chi connectivity index (χ1n) is 7.42. The second kappa shape index (κ2) is 6.18. The molecule has 5 nitrogen and oxygen atoms in total. The van der Waals surface area contributed by atoms with E-state index in [1.165, 1.54) is 12.1 Å². The van der Waals surface area contributed by atoms with Crippen LogP contribution in [-0.4, -0.2) is 15.9 Å². The molecule has 7 heteroatoms. The van der Waals surface area contributed by atoms with Gasteiger partial charge in [0.2, 0.25) is 0 Å². The van der Waals surface area contributed by atoms with Crippen molar-refractivity contribution in [2.75, 3.05) is 5.32 Å². The van der Waals surface area contributed by atoms with Crippen molar-refractivity contribution < 1.29 is 13.6 Å². The normalized spacial score (nSPS) is 11.0. The summed E-state index contributed by atoms with van der Waals surface area (Å²) in [4.78, 5) is 20.1. The van der Waals surface area contributed by atoms with Crippen LogP contribution in [0.25, 0.3) is 22.6 Å². The van der Waals surface area contributed by atoms with Crippen molar-refractivity contribution in [3.63, 3.8) is 0 Å². The number of halogens is 2. The number of aromatic amines is 1. The molecular weight excluding hydrogens is 389 g/mol. The monoisotopic (exact) mass is 399 g/mol. The average molecular weight is 400 g/mol. The summed E-state index contributed by atoms with van der Waals surface area (Å²) in [6.07, 6.45) is 0. The zero-order chi connectivity index (χ0) is 17.4. The van der Waals surface area contributed by atoms with E-state index in [9.17, 15) is 9.18 Å². The molecule has 2 aromatic carbocycles. The van der Waals surface area contributed by atoms with Crippen LogP contribution in [0.15, 0.2) is 63.5 Å². The molecule has 4 rings (SSSR count). The van der Waals surface area contributed by atoms with Gasteiger partial charge in [0.25, 0.3) is 11.9 Å². The summed E-state index contributed by atoms with van der Waals surface area (Å²) in [5.41, 5.74) is 2.21. The predicted octanol–water partition coefficient (Wildman–Crippen LogP) is 4.98. The first-order chi connectivity index (χ1) is 12.1. The van der Waals surface area contributed by atoms with E-state index >= 15 is 0 Å². The highest BCUT2D eigenvalue weighted by atomic mass is 79.9. The van der Waals surface area contributed by atoms with Gasteiger partial charge in [0.1, 0.15) is 5.52 Å². The number of hydrogen-bond acceptors (Lipinski definition) is 3. The number of aromatic nitrogens is 2. The smallest absolute Gasteiger partial charge is 0.278 e. The van der Waals surface area contributed by atoms with Gasteiger partial charge in [-0.05, 0) is 46.3 Å². The number of nitrogens with zero attached hydrogens (tertiary/aromatic N) is 1. The van der Waals surface area contributed by atoms with Crippen LogP contribution >= 0.6 is 15.9 Å². The largest absolute Gasteiger partial charge is 0.428 e. The molecule has 0 atom stereocenters. The van der Waals surface area contributed by atoms with Crippen LogP contribution in [0.1, 0.15) is 10.4 Å². The molecule has 0 saturated heterocycles. The Kier molecular flexibility index (Phi) is 3.85. The number of nitrogens with one attached hydrogen (secondary N) is 2. The molecule has 4 aromatic rings. The molecule has 0 fully saturated rings. The van der Waals surface area contributed by atoms with Crippen LogP contribution in [0.3, 0.4) is 0 Å². The minimum absolute atomic E-state index is 0.269. The quantitative estimate of drug-likeness (QED) is 0.510. The van der Waals surface area contributed by atoms with Crippen LogP contribution in [0.4, 0.5) is 10.1 Å². The lowest BCUT2D eigenvalue weighted by atomic mass is 10.1. The Morgan fingerprint density at radius 3 is 2.72 bits per heavy atom. The Morgan fingerprint density at radius 1 is 1.12 bits per heavy atom. The molecule has 0 bridgehead atoms. The first kappa shape index (κ1) is 15.6. The molecule has 25 heavy (non-hydrogen) atoms. The van der Waals surface area contributed by atoms with Gasteiger partial charge in [0, 0.05) is 10.5 Å². The van der Waals surface area contributed by atoms with E-state index in [2.05, 4.69) is 31.2 Å². The van der Waals surface area contributed by atoms with E-state index < -0.39 is 6.01 Å². The van der Waals surface area contributed by atoms with E-state index in [1.807, 2.05) is 18.2 Å². The van der Waals surface area contributed by atoms with Crippen LogP contribution in [-0.2, 0) is 0 Å². The highest BCUT2D eigenvalue weighted by Gasteiger charge is 2.16. The number of H-pyrrole nitrogens is 1. The molecular formula is C18H11BrFN3O2. The standard InChI is InChI=1S/C18H11BrFN3O2/c19-11-5-1-2-6-12(11)22-18(24)10-4-3-7-13-16(10)23-17(21-13)14-8-9-15(20)25-14/h1-9H,(H,21,23)(H,22,24). The van der Waals surface area contributed by atoms with E-state index in [4.69, 9.17) is 4.42 Å². The van der Waals surface area contributed by atoms with Gasteiger partial charge in [-0.2, -0.15) is 4.39 Å². The number of rotatable bonds is 3. The molecule has 0 aliphatic heterocycles. The lowest BCUT2D eigenvalue weighted by molar-refractivity contribution is 0.102. The van der Waals surface area contributed by atoms with Crippen molar-refractivity contribution in [2.24, 2.45) is 0 Å². The van der Waals surface area contributed by atoms with E-state index in [0.29, 0.717) is 28.1 Å². The third-order valence-corrected chi connectivity index (χ3v) is 4.38. The number of fused-ring (bicyclic) bond motifs is 1. The van der Waals surface area contributed by atoms with Crippen LogP contribution in [0.2, 0.25) is 0 Å². The maximum Gasteiger partial charge on any atom is 0.278 e. The zero-order valence-corrected chi connectivity index (χ0v) is 14.3. The SMILES string of the molecule is O=C(Nc1ccccc1Br)c1cccc2[nH]c(-c3ccc(F)o3)nc12. The van der Waals surface area contributed by atoms with Crippen LogP contribution < -0.4 is 5.32 Å².